The number of thiophene rings is 1. The fraction of sp³-hybridized carbons (Fsp3) is 0.568. The molecule has 1 saturated carbocycles. The summed E-state index contributed by atoms with van der Waals surface area (Å²) in [6, 6.07) is 6.34. The summed E-state index contributed by atoms with van der Waals surface area (Å²) in [6.45, 7) is 18.0. The fourth-order valence-electron chi connectivity index (χ4n) is 6.64. The Kier molecular flexibility index (Phi) is 9.87. The predicted octanol–water partition coefficient (Wildman–Crippen LogP) is 8.06. The summed E-state index contributed by atoms with van der Waals surface area (Å²) in [5, 5.41) is 8.53. The molecule has 0 saturated heterocycles. The standard InChI is InChI=1S/C37H49N5O5S2/c1-21(2)42(35(45)47-37(6,7)8)25-17-24(18-25)31(43)40-33-30(26-11-14-38-20-29(26)49-33)32-39-27-10-9-23(19-28(27)48-32)22-12-15-41(16-13-22)34(44)46-36(3,4)5/h9-10,12,19,21,24-25,38H,11,13-18,20H2,1-8H3,(H,40,43). The zero-order valence-corrected chi connectivity index (χ0v) is 31.5. The molecular weight excluding hydrogens is 659 g/mol. The van der Waals surface area contributed by atoms with Gasteiger partial charge in [0, 0.05) is 48.1 Å². The van der Waals surface area contributed by atoms with E-state index in [2.05, 4.69) is 34.9 Å². The molecule has 0 radical (unpaired) electrons. The van der Waals surface area contributed by atoms with Gasteiger partial charge in [-0.05, 0) is 116 Å². The van der Waals surface area contributed by atoms with Crippen molar-refractivity contribution >= 4 is 61.6 Å². The molecule has 2 aromatic heterocycles. The normalized spacial score (nSPS) is 19.6. The van der Waals surface area contributed by atoms with Crippen LogP contribution >= 0.6 is 22.7 Å². The van der Waals surface area contributed by atoms with Crippen molar-refractivity contribution in [1.29, 1.82) is 0 Å². The molecule has 3 aliphatic rings. The molecule has 0 atom stereocenters. The Bertz CT molecular complexity index is 1770. The van der Waals surface area contributed by atoms with Gasteiger partial charge in [0.05, 0.1) is 10.2 Å². The van der Waals surface area contributed by atoms with Crippen LogP contribution in [-0.2, 0) is 27.2 Å². The van der Waals surface area contributed by atoms with Crippen LogP contribution in [0.4, 0.5) is 14.6 Å². The molecule has 3 aromatic rings. The van der Waals surface area contributed by atoms with Crippen molar-refractivity contribution < 1.29 is 23.9 Å². The highest BCUT2D eigenvalue weighted by atomic mass is 32.1. The maximum atomic E-state index is 13.6. The number of carbonyl (C=O) groups is 3. The van der Waals surface area contributed by atoms with E-state index < -0.39 is 11.2 Å². The lowest BCUT2D eigenvalue weighted by molar-refractivity contribution is -0.124. The van der Waals surface area contributed by atoms with E-state index in [0.717, 1.165) is 57.3 Å². The van der Waals surface area contributed by atoms with E-state index in [1.807, 2.05) is 55.4 Å². The average Bonchev–Trinajstić information content (AvgIpc) is 3.56. The number of nitrogens with zero attached hydrogens (tertiary/aromatic N) is 3. The smallest absolute Gasteiger partial charge is 0.410 e. The molecule has 0 spiro atoms. The maximum absolute atomic E-state index is 13.6. The Hall–Kier alpha value is -3.48. The van der Waals surface area contributed by atoms with Crippen LogP contribution < -0.4 is 10.6 Å². The molecular formula is C37H49N5O5S2. The van der Waals surface area contributed by atoms with Gasteiger partial charge >= 0.3 is 12.2 Å². The summed E-state index contributed by atoms with van der Waals surface area (Å²) in [5.41, 5.74) is 4.49. The van der Waals surface area contributed by atoms with Gasteiger partial charge in [0.1, 0.15) is 21.2 Å². The summed E-state index contributed by atoms with van der Waals surface area (Å²) in [5.74, 6) is -0.184. The summed E-state index contributed by atoms with van der Waals surface area (Å²) >= 11 is 3.29. The van der Waals surface area contributed by atoms with Crippen molar-refractivity contribution in [2.45, 2.75) is 111 Å². The van der Waals surface area contributed by atoms with Gasteiger partial charge in [0.25, 0.3) is 0 Å². The van der Waals surface area contributed by atoms with E-state index in [0.29, 0.717) is 25.9 Å². The largest absolute Gasteiger partial charge is 0.444 e. The van der Waals surface area contributed by atoms with E-state index in [-0.39, 0.29) is 36.1 Å². The van der Waals surface area contributed by atoms with Crippen LogP contribution in [0.25, 0.3) is 26.4 Å². The minimum atomic E-state index is -0.575. The Labute approximate surface area is 297 Å². The minimum absolute atomic E-state index is 0.00925. The number of rotatable bonds is 6. The summed E-state index contributed by atoms with van der Waals surface area (Å²) < 4.78 is 12.3. The number of hydrogen-bond acceptors (Lipinski definition) is 9. The van der Waals surface area contributed by atoms with Gasteiger partial charge in [-0.3, -0.25) is 4.79 Å². The van der Waals surface area contributed by atoms with Crippen molar-refractivity contribution in [3.8, 4) is 10.6 Å². The van der Waals surface area contributed by atoms with Crippen LogP contribution in [0.3, 0.4) is 0 Å². The molecule has 1 aliphatic carbocycles. The van der Waals surface area contributed by atoms with Crippen LogP contribution in [0, 0.1) is 5.92 Å². The molecule has 0 bridgehead atoms. The maximum Gasteiger partial charge on any atom is 0.410 e. The number of hydrogen-bond donors (Lipinski definition) is 2. The van der Waals surface area contributed by atoms with Gasteiger partial charge in [-0.2, -0.15) is 0 Å². The van der Waals surface area contributed by atoms with Crippen molar-refractivity contribution in [2.75, 3.05) is 25.0 Å². The number of aromatic nitrogens is 1. The van der Waals surface area contributed by atoms with Crippen LogP contribution in [0.5, 0.6) is 0 Å². The highest BCUT2D eigenvalue weighted by Crippen LogP contribution is 2.46. The lowest BCUT2D eigenvalue weighted by Gasteiger charge is -2.44. The highest BCUT2D eigenvalue weighted by Gasteiger charge is 2.42. The first-order chi connectivity index (χ1) is 23.1. The molecule has 6 rings (SSSR count). The monoisotopic (exact) mass is 707 g/mol. The lowest BCUT2D eigenvalue weighted by Crippen LogP contribution is -2.54. The van der Waals surface area contributed by atoms with E-state index in [1.165, 1.54) is 16.0 Å². The molecule has 12 heteroatoms. The minimum Gasteiger partial charge on any atom is -0.444 e. The third-order valence-corrected chi connectivity index (χ3v) is 11.2. The number of nitrogens with one attached hydrogen (secondary N) is 2. The SMILES string of the molecule is CC(C)N(C(=O)OC(C)(C)C)C1CC(C(=O)Nc2sc3c(c2-c2nc4ccc(C5=CCN(C(=O)OC(C)(C)C)CC5)cc4s2)CCNC3)C1. The molecule has 1 aromatic carbocycles. The number of amides is 3. The molecule has 3 amide bonds. The number of fused-ring (bicyclic) bond motifs is 2. The molecule has 49 heavy (non-hydrogen) atoms. The number of benzene rings is 1. The van der Waals surface area contributed by atoms with Crippen LogP contribution in [0.2, 0.25) is 0 Å². The Morgan fingerprint density at radius 1 is 1.04 bits per heavy atom. The van der Waals surface area contributed by atoms with E-state index in [9.17, 15) is 14.4 Å². The fourth-order valence-corrected chi connectivity index (χ4v) is 9.01. The lowest BCUT2D eigenvalue weighted by atomic mass is 9.78. The van der Waals surface area contributed by atoms with Gasteiger partial charge in [0.2, 0.25) is 5.91 Å². The van der Waals surface area contributed by atoms with Gasteiger partial charge in [-0.1, -0.05) is 12.1 Å². The van der Waals surface area contributed by atoms with Crippen LogP contribution in [0.15, 0.2) is 24.3 Å². The van der Waals surface area contributed by atoms with Gasteiger partial charge < -0.3 is 29.9 Å². The van der Waals surface area contributed by atoms with Crippen molar-refractivity contribution in [3.05, 3.63) is 40.3 Å². The van der Waals surface area contributed by atoms with Gasteiger partial charge in [-0.15, -0.1) is 22.7 Å². The Morgan fingerprint density at radius 2 is 1.78 bits per heavy atom. The first kappa shape index (κ1) is 35.3. The number of carbonyl (C=O) groups excluding carboxylic acids is 3. The number of ether oxygens (including phenoxy) is 2. The van der Waals surface area contributed by atoms with E-state index in [4.69, 9.17) is 14.5 Å². The summed E-state index contributed by atoms with van der Waals surface area (Å²) in [6.07, 6.45) is 4.37. The molecule has 2 N–H and O–H groups in total. The first-order valence-corrected chi connectivity index (χ1v) is 19.0. The zero-order valence-electron chi connectivity index (χ0n) is 29.9. The topological polar surface area (TPSA) is 113 Å². The van der Waals surface area contributed by atoms with E-state index >= 15 is 0 Å². The quantitative estimate of drug-likeness (QED) is 0.267. The molecule has 2 aliphatic heterocycles. The summed E-state index contributed by atoms with van der Waals surface area (Å²) in [4.78, 5) is 49.0. The van der Waals surface area contributed by atoms with Crippen molar-refractivity contribution in [2.24, 2.45) is 5.92 Å². The second-order valence-corrected chi connectivity index (χ2v) is 17.7. The van der Waals surface area contributed by atoms with Crippen LogP contribution in [0.1, 0.15) is 90.7 Å². The number of anilines is 1. The number of thiazole rings is 1. The predicted molar refractivity (Wildman–Crippen MR) is 197 cm³/mol. The van der Waals surface area contributed by atoms with Crippen molar-refractivity contribution in [1.82, 2.24) is 20.1 Å². The second kappa shape index (κ2) is 13.7. The summed E-state index contributed by atoms with van der Waals surface area (Å²) in [7, 11) is 0. The van der Waals surface area contributed by atoms with Crippen LogP contribution in [-0.4, -0.2) is 75.8 Å². The average molecular weight is 708 g/mol. The van der Waals surface area contributed by atoms with E-state index in [1.54, 1.807) is 32.5 Å². The third kappa shape index (κ3) is 7.97. The Morgan fingerprint density at radius 3 is 2.43 bits per heavy atom. The van der Waals surface area contributed by atoms with Crippen molar-refractivity contribution in [3.63, 3.8) is 0 Å². The molecule has 4 heterocycles. The highest BCUT2D eigenvalue weighted by molar-refractivity contribution is 7.23. The Balaban J connectivity index is 1.18. The molecule has 1 fully saturated rings. The third-order valence-electron chi connectivity index (χ3n) is 9.04. The van der Waals surface area contributed by atoms with Gasteiger partial charge in [-0.25, -0.2) is 14.6 Å². The molecule has 264 valence electrons. The molecule has 0 unspecified atom stereocenters. The first-order valence-electron chi connectivity index (χ1n) is 17.3. The second-order valence-electron chi connectivity index (χ2n) is 15.5. The van der Waals surface area contributed by atoms with Gasteiger partial charge in [0.15, 0.2) is 0 Å². The zero-order chi connectivity index (χ0) is 35.2. The molecule has 10 nitrogen and oxygen atoms in total.